The lowest BCUT2D eigenvalue weighted by Gasteiger charge is -2.02. The van der Waals surface area contributed by atoms with Crippen LogP contribution in [-0.2, 0) is 0 Å². The molecule has 0 saturated carbocycles. The van der Waals surface area contributed by atoms with Crippen LogP contribution >= 0.6 is 23.2 Å². The van der Waals surface area contributed by atoms with Gasteiger partial charge in [-0.15, -0.1) is 0 Å². The van der Waals surface area contributed by atoms with Crippen LogP contribution in [0.1, 0.15) is 11.1 Å². The van der Waals surface area contributed by atoms with Gasteiger partial charge in [-0.2, -0.15) is 4.39 Å². The highest BCUT2D eigenvalue weighted by atomic mass is 35.5. The van der Waals surface area contributed by atoms with E-state index in [0.29, 0.717) is 10.0 Å². The van der Waals surface area contributed by atoms with Crippen molar-refractivity contribution in [2.24, 2.45) is 0 Å². The number of nitrogens with zero attached hydrogens (tertiary/aromatic N) is 1. The fraction of sp³-hybridized carbons (Fsp3) is 0. The SMILES string of the molecule is Fc1ccc([CH]c2ccc(Cl)c(Cl)c2)cn1. The van der Waals surface area contributed by atoms with Crippen LogP contribution in [0.3, 0.4) is 0 Å². The van der Waals surface area contributed by atoms with Crippen molar-refractivity contribution in [2.75, 3.05) is 0 Å². The van der Waals surface area contributed by atoms with Crippen LogP contribution in [0.25, 0.3) is 0 Å². The minimum Gasteiger partial charge on any atom is -0.228 e. The molecule has 16 heavy (non-hydrogen) atoms. The molecule has 0 spiro atoms. The van der Waals surface area contributed by atoms with E-state index in [4.69, 9.17) is 23.2 Å². The van der Waals surface area contributed by atoms with Gasteiger partial charge in [0.1, 0.15) is 0 Å². The Balaban J connectivity index is 2.20. The van der Waals surface area contributed by atoms with Crippen LogP contribution < -0.4 is 0 Å². The fourth-order valence-electron chi connectivity index (χ4n) is 1.27. The molecule has 0 aliphatic carbocycles. The van der Waals surface area contributed by atoms with Gasteiger partial charge in [0.15, 0.2) is 0 Å². The zero-order chi connectivity index (χ0) is 11.5. The number of hydrogen-bond acceptors (Lipinski definition) is 1. The Bertz CT molecular complexity index is 497. The van der Waals surface area contributed by atoms with Gasteiger partial charge >= 0.3 is 0 Å². The smallest absolute Gasteiger partial charge is 0.212 e. The van der Waals surface area contributed by atoms with Gasteiger partial charge in [-0.05, 0) is 29.3 Å². The normalized spacial score (nSPS) is 10.4. The quantitative estimate of drug-likeness (QED) is 0.735. The summed E-state index contributed by atoms with van der Waals surface area (Å²) >= 11 is 11.7. The van der Waals surface area contributed by atoms with Gasteiger partial charge in [0.25, 0.3) is 0 Å². The Hall–Kier alpha value is -1.12. The van der Waals surface area contributed by atoms with E-state index in [9.17, 15) is 4.39 Å². The number of halogens is 3. The molecule has 1 nitrogen and oxygen atoms in total. The molecule has 1 heterocycles. The van der Waals surface area contributed by atoms with E-state index < -0.39 is 5.95 Å². The molecule has 1 aromatic heterocycles. The third-order valence-corrected chi connectivity index (χ3v) is 2.77. The van der Waals surface area contributed by atoms with Crippen molar-refractivity contribution >= 4 is 23.2 Å². The number of aromatic nitrogens is 1. The molecule has 0 atom stereocenters. The summed E-state index contributed by atoms with van der Waals surface area (Å²) < 4.78 is 12.6. The molecule has 0 aliphatic rings. The molecule has 0 unspecified atom stereocenters. The first-order chi connectivity index (χ1) is 7.65. The molecule has 0 amide bonds. The highest BCUT2D eigenvalue weighted by Crippen LogP contribution is 2.24. The predicted molar refractivity (Wildman–Crippen MR) is 63.2 cm³/mol. The molecule has 0 saturated heterocycles. The third-order valence-electron chi connectivity index (χ3n) is 2.03. The van der Waals surface area contributed by atoms with Crippen molar-refractivity contribution in [3.05, 3.63) is 70.1 Å². The number of rotatable bonds is 2. The summed E-state index contributed by atoms with van der Waals surface area (Å²) in [4.78, 5) is 3.56. The molecule has 1 radical (unpaired) electrons. The van der Waals surface area contributed by atoms with Gasteiger partial charge in [-0.3, -0.25) is 0 Å². The molecule has 4 heteroatoms. The van der Waals surface area contributed by atoms with Crippen LogP contribution in [-0.4, -0.2) is 4.98 Å². The maximum Gasteiger partial charge on any atom is 0.212 e. The summed E-state index contributed by atoms with van der Waals surface area (Å²) in [7, 11) is 0. The Kier molecular flexibility index (Phi) is 3.42. The average Bonchev–Trinajstić information content (AvgIpc) is 2.27. The maximum absolute atomic E-state index is 12.6. The Morgan fingerprint density at radius 1 is 1.00 bits per heavy atom. The summed E-state index contributed by atoms with van der Waals surface area (Å²) in [6, 6.07) is 8.24. The van der Waals surface area contributed by atoms with E-state index in [-0.39, 0.29) is 0 Å². The molecule has 81 valence electrons. The lowest BCUT2D eigenvalue weighted by Crippen LogP contribution is -1.88. The van der Waals surface area contributed by atoms with Crippen LogP contribution in [0.5, 0.6) is 0 Å². The Labute approximate surface area is 103 Å². The first kappa shape index (κ1) is 11.4. The highest BCUT2D eigenvalue weighted by Gasteiger charge is 2.02. The monoisotopic (exact) mass is 254 g/mol. The van der Waals surface area contributed by atoms with Gasteiger partial charge < -0.3 is 0 Å². The largest absolute Gasteiger partial charge is 0.228 e. The van der Waals surface area contributed by atoms with Gasteiger partial charge in [0.2, 0.25) is 5.95 Å². The first-order valence-electron chi connectivity index (χ1n) is 4.56. The Morgan fingerprint density at radius 2 is 1.75 bits per heavy atom. The van der Waals surface area contributed by atoms with Crippen molar-refractivity contribution < 1.29 is 4.39 Å². The van der Waals surface area contributed by atoms with Crippen molar-refractivity contribution in [1.82, 2.24) is 4.98 Å². The zero-order valence-electron chi connectivity index (χ0n) is 8.12. The second kappa shape index (κ2) is 4.81. The lowest BCUT2D eigenvalue weighted by molar-refractivity contribution is 0.583. The van der Waals surface area contributed by atoms with Crippen LogP contribution in [0.15, 0.2) is 36.5 Å². The zero-order valence-corrected chi connectivity index (χ0v) is 9.63. The second-order valence-electron chi connectivity index (χ2n) is 3.23. The van der Waals surface area contributed by atoms with E-state index in [1.165, 1.54) is 12.3 Å². The number of pyridine rings is 1. The standard InChI is InChI=1S/C12H7Cl2FN/c13-10-3-1-8(6-11(10)14)5-9-2-4-12(15)16-7-9/h1-7H. The highest BCUT2D eigenvalue weighted by molar-refractivity contribution is 6.42. The van der Waals surface area contributed by atoms with Crippen LogP contribution in [0.2, 0.25) is 10.0 Å². The van der Waals surface area contributed by atoms with Crippen molar-refractivity contribution in [2.45, 2.75) is 0 Å². The molecule has 2 aromatic rings. The first-order valence-corrected chi connectivity index (χ1v) is 5.32. The molecule has 1 aromatic carbocycles. The Morgan fingerprint density at radius 3 is 2.38 bits per heavy atom. The minimum absolute atomic E-state index is 0.491. The van der Waals surface area contributed by atoms with Gasteiger partial charge in [0, 0.05) is 12.6 Å². The van der Waals surface area contributed by atoms with Gasteiger partial charge in [-0.25, -0.2) is 4.98 Å². The van der Waals surface area contributed by atoms with Crippen molar-refractivity contribution in [3.8, 4) is 0 Å². The van der Waals surface area contributed by atoms with E-state index in [0.717, 1.165) is 11.1 Å². The van der Waals surface area contributed by atoms with Gasteiger partial charge in [0.05, 0.1) is 10.0 Å². The predicted octanol–water partition coefficient (Wildman–Crippen LogP) is 4.13. The lowest BCUT2D eigenvalue weighted by atomic mass is 10.1. The third kappa shape index (κ3) is 2.71. The van der Waals surface area contributed by atoms with E-state index in [1.54, 1.807) is 18.2 Å². The van der Waals surface area contributed by atoms with Crippen molar-refractivity contribution in [1.29, 1.82) is 0 Å². The molecular weight excluding hydrogens is 248 g/mol. The fourth-order valence-corrected chi connectivity index (χ4v) is 1.57. The summed E-state index contributed by atoms with van der Waals surface area (Å²) in [5, 5.41) is 1.00. The minimum atomic E-state index is -0.494. The summed E-state index contributed by atoms with van der Waals surface area (Å²) in [6.07, 6.45) is 3.30. The molecule has 0 bridgehead atoms. The number of benzene rings is 1. The molecule has 2 rings (SSSR count). The summed E-state index contributed by atoms with van der Waals surface area (Å²) in [6.45, 7) is 0. The van der Waals surface area contributed by atoms with Gasteiger partial charge in [-0.1, -0.05) is 35.3 Å². The maximum atomic E-state index is 12.6. The average molecular weight is 255 g/mol. The molecule has 0 aliphatic heterocycles. The molecular formula is C12H7Cl2FN. The molecule has 0 N–H and O–H groups in total. The van der Waals surface area contributed by atoms with E-state index in [1.807, 2.05) is 12.5 Å². The van der Waals surface area contributed by atoms with E-state index >= 15 is 0 Å². The van der Waals surface area contributed by atoms with E-state index in [2.05, 4.69) is 4.98 Å². The molecule has 0 fully saturated rings. The second-order valence-corrected chi connectivity index (χ2v) is 4.05. The van der Waals surface area contributed by atoms with Crippen molar-refractivity contribution in [3.63, 3.8) is 0 Å². The summed E-state index contributed by atoms with van der Waals surface area (Å²) in [5.74, 6) is -0.494. The topological polar surface area (TPSA) is 12.9 Å². The van der Waals surface area contributed by atoms with Crippen LogP contribution in [0.4, 0.5) is 4.39 Å². The summed E-state index contributed by atoms with van der Waals surface area (Å²) in [5.41, 5.74) is 1.70. The van der Waals surface area contributed by atoms with Crippen LogP contribution in [0, 0.1) is 12.4 Å². The number of hydrogen-bond donors (Lipinski definition) is 0.